The van der Waals surface area contributed by atoms with Crippen LogP contribution in [0.4, 0.5) is 5.69 Å². The van der Waals surface area contributed by atoms with Gasteiger partial charge in [-0.15, -0.1) is 0 Å². The van der Waals surface area contributed by atoms with Crippen molar-refractivity contribution in [3.05, 3.63) is 52.4 Å². The minimum absolute atomic E-state index is 0.535. The number of nitrogens with zero attached hydrogens (tertiary/aromatic N) is 1. The Morgan fingerprint density at radius 2 is 2.24 bits per heavy atom. The first-order chi connectivity index (χ1) is 8.20. The fourth-order valence-corrected chi connectivity index (χ4v) is 1.74. The van der Waals surface area contributed by atoms with Gasteiger partial charge < -0.3 is 9.73 Å². The molecule has 0 atom stereocenters. The first-order valence-electron chi connectivity index (χ1n) is 5.17. The van der Waals surface area contributed by atoms with Crippen LogP contribution < -0.4 is 5.32 Å². The van der Waals surface area contributed by atoms with Crippen LogP contribution in [-0.4, -0.2) is 0 Å². The summed E-state index contributed by atoms with van der Waals surface area (Å²) in [4.78, 5) is 0. The fourth-order valence-electron chi connectivity index (χ4n) is 1.49. The fraction of sp³-hybridized carbons (Fsp3) is 0.154. The number of nitriles is 1. The minimum atomic E-state index is 0.535. The van der Waals surface area contributed by atoms with Crippen LogP contribution >= 0.6 is 11.6 Å². The van der Waals surface area contributed by atoms with Crippen LogP contribution in [0.2, 0.25) is 5.02 Å². The highest BCUT2D eigenvalue weighted by atomic mass is 35.5. The standard InChI is InChI=1S/C13H11ClN2O/c1-9-4-5-17-13(9)8-16-12-3-2-10(7-15)6-11(12)14/h2-6,16H,8H2,1H3. The summed E-state index contributed by atoms with van der Waals surface area (Å²) in [5.41, 5.74) is 2.44. The van der Waals surface area contributed by atoms with Crippen LogP contribution in [0.15, 0.2) is 34.9 Å². The van der Waals surface area contributed by atoms with Gasteiger partial charge in [0.05, 0.1) is 35.2 Å². The third kappa shape index (κ3) is 2.61. The number of hydrogen-bond donors (Lipinski definition) is 1. The summed E-state index contributed by atoms with van der Waals surface area (Å²) in [5.74, 6) is 0.880. The molecular weight excluding hydrogens is 236 g/mol. The average Bonchev–Trinajstić information content (AvgIpc) is 2.73. The van der Waals surface area contributed by atoms with Crippen molar-refractivity contribution in [3.63, 3.8) is 0 Å². The summed E-state index contributed by atoms with van der Waals surface area (Å²) >= 11 is 6.04. The zero-order chi connectivity index (χ0) is 12.3. The zero-order valence-corrected chi connectivity index (χ0v) is 10.1. The number of halogens is 1. The summed E-state index contributed by atoms with van der Waals surface area (Å²) in [6.07, 6.45) is 1.66. The lowest BCUT2D eigenvalue weighted by Gasteiger charge is -2.07. The molecule has 0 aliphatic carbocycles. The maximum Gasteiger partial charge on any atom is 0.125 e. The van der Waals surface area contributed by atoms with Gasteiger partial charge in [0.15, 0.2) is 0 Å². The summed E-state index contributed by atoms with van der Waals surface area (Å²) in [7, 11) is 0. The lowest BCUT2D eigenvalue weighted by molar-refractivity contribution is 0.515. The number of benzene rings is 1. The number of hydrogen-bond acceptors (Lipinski definition) is 3. The van der Waals surface area contributed by atoms with Crippen molar-refractivity contribution < 1.29 is 4.42 Å². The second-order valence-corrected chi connectivity index (χ2v) is 4.09. The largest absolute Gasteiger partial charge is 0.467 e. The van der Waals surface area contributed by atoms with Crippen molar-refractivity contribution in [1.29, 1.82) is 5.26 Å². The molecule has 0 bridgehead atoms. The quantitative estimate of drug-likeness (QED) is 0.898. The van der Waals surface area contributed by atoms with Gasteiger partial charge in [-0.05, 0) is 36.8 Å². The Hall–Kier alpha value is -1.92. The van der Waals surface area contributed by atoms with Crippen LogP contribution in [-0.2, 0) is 6.54 Å². The van der Waals surface area contributed by atoms with Gasteiger partial charge in [-0.25, -0.2) is 0 Å². The van der Waals surface area contributed by atoms with E-state index in [0.717, 1.165) is 17.0 Å². The molecule has 0 fully saturated rings. The van der Waals surface area contributed by atoms with Gasteiger partial charge in [0, 0.05) is 0 Å². The van der Waals surface area contributed by atoms with Crippen molar-refractivity contribution in [2.45, 2.75) is 13.5 Å². The molecule has 4 heteroatoms. The Labute approximate surface area is 105 Å². The molecule has 0 unspecified atom stereocenters. The predicted octanol–water partition coefficient (Wildman–Crippen LogP) is 3.73. The summed E-state index contributed by atoms with van der Waals surface area (Å²) < 4.78 is 5.31. The Bertz CT molecular complexity index is 569. The molecule has 0 aliphatic heterocycles. The highest BCUT2D eigenvalue weighted by molar-refractivity contribution is 6.33. The molecule has 2 aromatic rings. The van der Waals surface area contributed by atoms with Crippen LogP contribution in [0.1, 0.15) is 16.9 Å². The van der Waals surface area contributed by atoms with E-state index in [1.807, 2.05) is 19.1 Å². The Morgan fingerprint density at radius 1 is 1.41 bits per heavy atom. The van der Waals surface area contributed by atoms with Crippen molar-refractivity contribution in [2.24, 2.45) is 0 Å². The van der Waals surface area contributed by atoms with E-state index < -0.39 is 0 Å². The van der Waals surface area contributed by atoms with E-state index in [0.29, 0.717) is 17.1 Å². The van der Waals surface area contributed by atoms with E-state index in [2.05, 4.69) is 5.32 Å². The van der Waals surface area contributed by atoms with Gasteiger partial charge >= 0.3 is 0 Å². The number of nitrogens with one attached hydrogen (secondary N) is 1. The van der Waals surface area contributed by atoms with E-state index in [1.54, 1.807) is 24.5 Å². The Balaban J connectivity index is 2.10. The lowest BCUT2D eigenvalue weighted by Crippen LogP contribution is -2.00. The van der Waals surface area contributed by atoms with E-state index in [9.17, 15) is 0 Å². The van der Waals surface area contributed by atoms with Crippen molar-refractivity contribution >= 4 is 17.3 Å². The van der Waals surface area contributed by atoms with Crippen LogP contribution in [0.5, 0.6) is 0 Å². The third-order valence-corrected chi connectivity index (χ3v) is 2.82. The van der Waals surface area contributed by atoms with Gasteiger partial charge in [0.1, 0.15) is 5.76 Å². The van der Waals surface area contributed by atoms with E-state index >= 15 is 0 Å². The van der Waals surface area contributed by atoms with E-state index in [1.165, 1.54) is 0 Å². The summed E-state index contributed by atoms with van der Waals surface area (Å²) in [6, 6.07) is 9.11. The van der Waals surface area contributed by atoms with Gasteiger partial charge in [0.25, 0.3) is 0 Å². The normalized spacial score (nSPS) is 9.94. The first kappa shape index (κ1) is 11.6. The number of aryl methyl sites for hydroxylation is 1. The van der Waals surface area contributed by atoms with Gasteiger partial charge in [0.2, 0.25) is 0 Å². The smallest absolute Gasteiger partial charge is 0.125 e. The SMILES string of the molecule is Cc1ccoc1CNc1ccc(C#N)cc1Cl. The molecule has 0 aliphatic rings. The van der Waals surface area contributed by atoms with Gasteiger partial charge in [-0.1, -0.05) is 11.6 Å². The molecule has 2 rings (SSSR count). The van der Waals surface area contributed by atoms with Crippen molar-refractivity contribution in [1.82, 2.24) is 0 Å². The number of rotatable bonds is 3. The summed E-state index contributed by atoms with van der Waals surface area (Å²) in [6.45, 7) is 2.56. The van der Waals surface area contributed by atoms with Crippen LogP contribution in [0, 0.1) is 18.3 Å². The van der Waals surface area contributed by atoms with Crippen LogP contribution in [0.25, 0.3) is 0 Å². The van der Waals surface area contributed by atoms with Crippen LogP contribution in [0.3, 0.4) is 0 Å². The first-order valence-corrected chi connectivity index (χ1v) is 5.55. The molecule has 0 saturated carbocycles. The monoisotopic (exact) mass is 246 g/mol. The highest BCUT2D eigenvalue weighted by Crippen LogP contribution is 2.23. The molecule has 0 radical (unpaired) electrons. The molecule has 17 heavy (non-hydrogen) atoms. The molecule has 0 spiro atoms. The minimum Gasteiger partial charge on any atom is -0.467 e. The molecule has 0 amide bonds. The molecular formula is C13H11ClN2O. The van der Waals surface area contributed by atoms with Gasteiger partial charge in [-0.3, -0.25) is 0 Å². The molecule has 3 nitrogen and oxygen atoms in total. The molecule has 1 N–H and O–H groups in total. The molecule has 0 saturated heterocycles. The molecule has 86 valence electrons. The topological polar surface area (TPSA) is 49.0 Å². The number of furan rings is 1. The van der Waals surface area contributed by atoms with Crippen molar-refractivity contribution in [3.8, 4) is 6.07 Å². The maximum absolute atomic E-state index is 8.73. The Morgan fingerprint density at radius 3 is 2.82 bits per heavy atom. The molecule has 1 heterocycles. The van der Waals surface area contributed by atoms with E-state index in [-0.39, 0.29) is 0 Å². The van der Waals surface area contributed by atoms with E-state index in [4.69, 9.17) is 21.3 Å². The second-order valence-electron chi connectivity index (χ2n) is 3.69. The third-order valence-electron chi connectivity index (χ3n) is 2.51. The predicted molar refractivity (Wildman–Crippen MR) is 66.9 cm³/mol. The summed E-state index contributed by atoms with van der Waals surface area (Å²) in [5, 5.41) is 12.4. The average molecular weight is 247 g/mol. The lowest BCUT2D eigenvalue weighted by atomic mass is 10.2. The zero-order valence-electron chi connectivity index (χ0n) is 9.33. The second kappa shape index (κ2) is 4.94. The molecule has 1 aromatic carbocycles. The van der Waals surface area contributed by atoms with Gasteiger partial charge in [-0.2, -0.15) is 5.26 Å². The molecule has 1 aromatic heterocycles. The highest BCUT2D eigenvalue weighted by Gasteiger charge is 2.04. The Kier molecular flexibility index (Phi) is 3.36. The number of anilines is 1. The maximum atomic E-state index is 8.73. The van der Waals surface area contributed by atoms with Crippen molar-refractivity contribution in [2.75, 3.05) is 5.32 Å².